The summed E-state index contributed by atoms with van der Waals surface area (Å²) in [7, 11) is -2.41. The van der Waals surface area contributed by atoms with Gasteiger partial charge in [-0.1, -0.05) is 6.08 Å². The van der Waals surface area contributed by atoms with Gasteiger partial charge in [-0.2, -0.15) is 8.42 Å². The summed E-state index contributed by atoms with van der Waals surface area (Å²) >= 11 is 0. The molecule has 0 spiro atoms. The summed E-state index contributed by atoms with van der Waals surface area (Å²) in [5.74, 6) is -1.12. The number of hydrogen-bond donors (Lipinski definition) is 1. The van der Waals surface area contributed by atoms with Crippen molar-refractivity contribution in [1.29, 1.82) is 0 Å². The molecule has 18 heavy (non-hydrogen) atoms. The van der Waals surface area contributed by atoms with E-state index in [9.17, 15) is 13.2 Å². The summed E-state index contributed by atoms with van der Waals surface area (Å²) < 4.78 is 27.6. The van der Waals surface area contributed by atoms with Gasteiger partial charge in [0.15, 0.2) is 0 Å². The first-order valence-electron chi connectivity index (χ1n) is 5.53. The number of carboxylic acid groups (broad SMARTS) is 1. The molecule has 1 N–H and O–H groups in total. The second-order valence-corrected chi connectivity index (χ2v) is 4.89. The van der Waals surface area contributed by atoms with Gasteiger partial charge in [0.1, 0.15) is 0 Å². The minimum atomic E-state index is -2.41. The first kappa shape index (κ1) is 12.8. The molecule has 0 saturated carbocycles. The van der Waals surface area contributed by atoms with E-state index in [-0.39, 0.29) is 16.9 Å². The van der Waals surface area contributed by atoms with E-state index in [4.69, 9.17) is 9.84 Å². The molecule has 0 aromatic rings. The Kier molecular flexibility index (Phi) is 3.83. The quantitative estimate of drug-likeness (QED) is 0.692. The Balaban J connectivity index is 2.53. The second kappa shape index (κ2) is 5.36. The molecule has 1 saturated heterocycles. The maximum Gasteiger partial charge on any atom is 0.337 e. The van der Waals surface area contributed by atoms with Gasteiger partial charge in [0, 0.05) is 19.5 Å². The van der Waals surface area contributed by atoms with Gasteiger partial charge < -0.3 is 14.7 Å². The molecule has 98 valence electrons. The van der Waals surface area contributed by atoms with Crippen LogP contribution in [0.15, 0.2) is 23.4 Å². The topological polar surface area (TPSA) is 83.9 Å². The van der Waals surface area contributed by atoms with Gasteiger partial charge in [-0.3, -0.25) is 0 Å². The molecule has 1 heterocycles. The van der Waals surface area contributed by atoms with Crippen molar-refractivity contribution in [2.75, 3.05) is 26.3 Å². The number of carbonyl (C=O) groups is 1. The third-order valence-electron chi connectivity index (χ3n) is 2.87. The number of carboxylic acids is 1. The van der Waals surface area contributed by atoms with Crippen LogP contribution in [-0.2, 0) is 19.8 Å². The summed E-state index contributed by atoms with van der Waals surface area (Å²) in [6, 6.07) is 0. The molecule has 2 aliphatic rings. The van der Waals surface area contributed by atoms with Crippen LogP contribution in [-0.4, -0.2) is 55.6 Å². The Morgan fingerprint density at radius 1 is 1.33 bits per heavy atom. The minimum absolute atomic E-state index is 0.0300. The van der Waals surface area contributed by atoms with Gasteiger partial charge in [0.2, 0.25) is 10.3 Å². The summed E-state index contributed by atoms with van der Waals surface area (Å²) in [4.78, 5) is 13.1. The fraction of sp³-hybridized carbons (Fsp3) is 0.455. The molecule has 1 aliphatic heterocycles. The highest BCUT2D eigenvalue weighted by molar-refractivity contribution is 7.73. The molecule has 0 radical (unpaired) electrons. The highest BCUT2D eigenvalue weighted by Crippen LogP contribution is 2.21. The number of rotatable bonds is 2. The number of allylic oxidation sites excluding steroid dienone is 2. The van der Waals surface area contributed by atoms with Crippen molar-refractivity contribution >= 4 is 21.1 Å². The van der Waals surface area contributed by atoms with Gasteiger partial charge in [-0.15, -0.1) is 0 Å². The number of aliphatic carboxylic acids is 1. The molecular weight excluding hydrogens is 258 g/mol. The van der Waals surface area contributed by atoms with Crippen LogP contribution in [0.4, 0.5) is 0 Å². The van der Waals surface area contributed by atoms with Crippen LogP contribution < -0.4 is 0 Å². The Morgan fingerprint density at radius 2 is 2.00 bits per heavy atom. The van der Waals surface area contributed by atoms with Gasteiger partial charge in [-0.25, -0.2) is 4.79 Å². The van der Waals surface area contributed by atoms with Crippen LogP contribution in [0.3, 0.4) is 0 Å². The van der Waals surface area contributed by atoms with Crippen molar-refractivity contribution < 1.29 is 23.1 Å². The average Bonchev–Trinajstić information content (AvgIpc) is 2.38. The maximum atomic E-state index is 11.2. The molecule has 0 aromatic heterocycles. The van der Waals surface area contributed by atoms with Crippen molar-refractivity contribution in [2.45, 2.75) is 6.42 Å². The zero-order chi connectivity index (χ0) is 13.1. The Hall–Kier alpha value is -1.60. The Labute approximate surface area is 106 Å². The van der Waals surface area contributed by atoms with Crippen LogP contribution in [0.2, 0.25) is 0 Å². The SMILES string of the molecule is O=C(O)C1=C(N2CCOCC2)C(=S(=O)=O)CC=C1. The van der Waals surface area contributed by atoms with Crippen molar-refractivity contribution in [2.24, 2.45) is 0 Å². The molecule has 7 heteroatoms. The lowest BCUT2D eigenvalue weighted by Gasteiger charge is -2.32. The number of ether oxygens (including phenoxy) is 1. The van der Waals surface area contributed by atoms with E-state index in [1.807, 2.05) is 0 Å². The molecule has 1 aliphatic carbocycles. The second-order valence-electron chi connectivity index (χ2n) is 3.93. The van der Waals surface area contributed by atoms with Gasteiger partial charge >= 0.3 is 5.97 Å². The van der Waals surface area contributed by atoms with Gasteiger partial charge in [0.25, 0.3) is 0 Å². The number of hydrogen-bond acceptors (Lipinski definition) is 5. The lowest BCUT2D eigenvalue weighted by Crippen LogP contribution is -2.40. The van der Waals surface area contributed by atoms with Crippen molar-refractivity contribution in [3.8, 4) is 0 Å². The van der Waals surface area contributed by atoms with E-state index in [1.54, 1.807) is 11.0 Å². The Bertz CT molecular complexity index is 544. The predicted molar refractivity (Wildman–Crippen MR) is 64.7 cm³/mol. The largest absolute Gasteiger partial charge is 0.478 e. The highest BCUT2D eigenvalue weighted by atomic mass is 32.2. The van der Waals surface area contributed by atoms with E-state index in [1.165, 1.54) is 6.08 Å². The molecule has 0 bridgehead atoms. The summed E-state index contributed by atoms with van der Waals surface area (Å²) in [5, 5.41) is 9.16. The third kappa shape index (κ3) is 2.46. The zero-order valence-electron chi connectivity index (χ0n) is 9.63. The first-order chi connectivity index (χ1) is 8.61. The molecular formula is C11H13NO5S. The molecule has 0 unspecified atom stereocenters. The van der Waals surface area contributed by atoms with Gasteiger partial charge in [0.05, 0.1) is 29.3 Å². The minimum Gasteiger partial charge on any atom is -0.478 e. The van der Waals surface area contributed by atoms with Crippen LogP contribution >= 0.6 is 0 Å². The first-order valence-corrected chi connectivity index (χ1v) is 6.61. The summed E-state index contributed by atoms with van der Waals surface area (Å²) in [6.07, 6.45) is 3.25. The van der Waals surface area contributed by atoms with Gasteiger partial charge in [-0.05, 0) is 6.08 Å². The van der Waals surface area contributed by atoms with E-state index in [0.29, 0.717) is 32.0 Å². The zero-order valence-corrected chi connectivity index (χ0v) is 10.4. The standard InChI is InChI=1S/C11H13NO5S/c13-11(14)8-2-1-3-9(18(15)16)10(8)12-4-6-17-7-5-12/h1-2H,3-7H2,(H,13,14). The monoisotopic (exact) mass is 271 g/mol. The summed E-state index contributed by atoms with van der Waals surface area (Å²) in [6.45, 7) is 1.94. The smallest absolute Gasteiger partial charge is 0.337 e. The highest BCUT2D eigenvalue weighted by Gasteiger charge is 2.27. The lowest BCUT2D eigenvalue weighted by atomic mass is 10.0. The normalized spacial score (nSPS) is 20.2. The number of nitrogens with zero attached hydrogens (tertiary/aromatic N) is 1. The molecule has 0 aromatic carbocycles. The Morgan fingerprint density at radius 3 is 2.56 bits per heavy atom. The predicted octanol–water partition coefficient (Wildman–Crippen LogP) is -0.331. The molecule has 2 rings (SSSR count). The van der Waals surface area contributed by atoms with E-state index >= 15 is 0 Å². The molecule has 0 amide bonds. The van der Waals surface area contributed by atoms with Crippen LogP contribution in [0.1, 0.15) is 6.42 Å². The lowest BCUT2D eigenvalue weighted by molar-refractivity contribution is -0.132. The average molecular weight is 271 g/mol. The van der Waals surface area contributed by atoms with E-state index < -0.39 is 16.3 Å². The third-order valence-corrected chi connectivity index (χ3v) is 3.63. The van der Waals surface area contributed by atoms with Crippen molar-refractivity contribution in [3.05, 3.63) is 23.4 Å². The van der Waals surface area contributed by atoms with Crippen molar-refractivity contribution in [1.82, 2.24) is 4.90 Å². The number of morpholine rings is 1. The molecule has 6 nitrogen and oxygen atoms in total. The van der Waals surface area contributed by atoms with E-state index in [0.717, 1.165) is 0 Å². The van der Waals surface area contributed by atoms with Crippen LogP contribution in [0.25, 0.3) is 0 Å². The maximum absolute atomic E-state index is 11.2. The summed E-state index contributed by atoms with van der Waals surface area (Å²) in [5.41, 5.74) is 0.337. The van der Waals surface area contributed by atoms with Crippen molar-refractivity contribution in [3.63, 3.8) is 0 Å². The van der Waals surface area contributed by atoms with Crippen LogP contribution in [0.5, 0.6) is 0 Å². The molecule has 1 fully saturated rings. The van der Waals surface area contributed by atoms with E-state index in [2.05, 4.69) is 0 Å². The molecule has 0 atom stereocenters. The fourth-order valence-corrected chi connectivity index (χ4v) is 2.69. The van der Waals surface area contributed by atoms with Crippen LogP contribution in [0, 0.1) is 0 Å². The fourth-order valence-electron chi connectivity index (χ4n) is 2.06.